The Morgan fingerprint density at radius 1 is 0.491 bits per heavy atom. The van der Waals surface area contributed by atoms with Crippen molar-refractivity contribution < 1.29 is 0 Å². The summed E-state index contributed by atoms with van der Waals surface area (Å²) >= 11 is 0. The van der Waals surface area contributed by atoms with Gasteiger partial charge in [-0.15, -0.1) is 0 Å². The van der Waals surface area contributed by atoms with Crippen LogP contribution in [-0.2, 0) is 0 Å². The Hall–Kier alpha value is -7.29. The lowest BCUT2D eigenvalue weighted by Crippen LogP contribution is -2.21. The molecule has 0 aliphatic rings. The van der Waals surface area contributed by atoms with Crippen LogP contribution < -0.4 is 10.4 Å². The SMILES string of the molecule is C=C(/C=c1/ccccc1=C)c1ccc(-c2ccc(-c3nc4ccccc4n3-c3ccc4ccccc4c3)cc2)cccc(-c2ccccc2)c2ccccc12. The molecule has 0 amide bonds. The van der Waals surface area contributed by atoms with E-state index in [2.05, 4.69) is 200 Å². The van der Waals surface area contributed by atoms with Gasteiger partial charge in [-0.2, -0.15) is 0 Å². The molecule has 0 aliphatic carbocycles. The second-order valence-electron chi connectivity index (χ2n) is 13.8. The minimum atomic E-state index is 0.908. The normalized spacial score (nSPS) is 11.5. The van der Waals surface area contributed by atoms with Crippen molar-refractivity contribution in [3.8, 4) is 39.3 Å². The van der Waals surface area contributed by atoms with Crippen molar-refractivity contribution in [3.63, 3.8) is 0 Å². The largest absolute Gasteiger partial charge is 0.292 e. The van der Waals surface area contributed by atoms with Crippen molar-refractivity contribution in [1.29, 1.82) is 0 Å². The number of benzene rings is 7. The Morgan fingerprint density at radius 2 is 1.13 bits per heavy atom. The fourth-order valence-corrected chi connectivity index (χ4v) is 7.50. The molecular formula is C53H38N2. The predicted octanol–water partition coefficient (Wildman–Crippen LogP) is 12.4. The smallest absolute Gasteiger partial charge is 0.145 e. The number of imidazole rings is 1. The molecule has 0 N–H and O–H groups in total. The van der Waals surface area contributed by atoms with Crippen LogP contribution in [0.5, 0.6) is 0 Å². The number of allylic oxidation sites excluding steroid dienone is 1. The first-order chi connectivity index (χ1) is 27.1. The average Bonchev–Trinajstić information content (AvgIpc) is 3.63. The van der Waals surface area contributed by atoms with Crippen LogP contribution in [0.25, 0.3) is 90.1 Å². The summed E-state index contributed by atoms with van der Waals surface area (Å²) in [5.41, 5.74) is 10.6. The van der Waals surface area contributed by atoms with Crippen LogP contribution >= 0.6 is 0 Å². The van der Waals surface area contributed by atoms with Crippen LogP contribution in [0.3, 0.4) is 0 Å². The summed E-state index contributed by atoms with van der Waals surface area (Å²) in [7, 11) is 0. The van der Waals surface area contributed by atoms with Crippen molar-refractivity contribution in [2.75, 3.05) is 0 Å². The van der Waals surface area contributed by atoms with Gasteiger partial charge in [0, 0.05) is 11.3 Å². The maximum absolute atomic E-state index is 5.16. The number of rotatable bonds is 6. The van der Waals surface area contributed by atoms with Crippen LogP contribution in [0.2, 0.25) is 0 Å². The van der Waals surface area contributed by atoms with E-state index in [9.17, 15) is 0 Å². The monoisotopic (exact) mass is 702 g/mol. The number of hydrogen-bond acceptors (Lipinski definition) is 1. The highest BCUT2D eigenvalue weighted by Gasteiger charge is 2.15. The lowest BCUT2D eigenvalue weighted by Gasteiger charge is -2.12. The molecule has 1 heterocycles. The first kappa shape index (κ1) is 33.5. The first-order valence-corrected chi connectivity index (χ1v) is 18.6. The van der Waals surface area contributed by atoms with Gasteiger partial charge in [0.05, 0.1) is 11.0 Å². The predicted molar refractivity (Wildman–Crippen MR) is 235 cm³/mol. The Labute approximate surface area is 321 Å². The van der Waals surface area contributed by atoms with Crippen LogP contribution in [0.4, 0.5) is 0 Å². The van der Waals surface area contributed by atoms with E-state index < -0.39 is 0 Å². The molecule has 9 aromatic rings. The van der Waals surface area contributed by atoms with E-state index >= 15 is 0 Å². The highest BCUT2D eigenvalue weighted by molar-refractivity contribution is 6.05. The van der Waals surface area contributed by atoms with Crippen molar-refractivity contribution >= 4 is 50.8 Å². The minimum Gasteiger partial charge on any atom is -0.292 e. The van der Waals surface area contributed by atoms with Crippen molar-refractivity contribution in [1.82, 2.24) is 9.55 Å². The van der Waals surface area contributed by atoms with E-state index in [0.29, 0.717) is 0 Å². The molecule has 2 nitrogen and oxygen atoms in total. The first-order valence-electron chi connectivity index (χ1n) is 18.6. The van der Waals surface area contributed by atoms with Crippen LogP contribution in [0.15, 0.2) is 207 Å². The highest BCUT2D eigenvalue weighted by Crippen LogP contribution is 2.34. The van der Waals surface area contributed by atoms with Gasteiger partial charge in [-0.3, -0.25) is 4.57 Å². The number of fused-ring (bicyclic) bond motifs is 3. The maximum atomic E-state index is 5.16. The Bertz CT molecular complexity index is 3060. The zero-order valence-corrected chi connectivity index (χ0v) is 30.4. The van der Waals surface area contributed by atoms with Gasteiger partial charge < -0.3 is 0 Å². The molecule has 0 atom stereocenters. The summed E-state index contributed by atoms with van der Waals surface area (Å²) in [6.07, 6.45) is 2.14. The molecule has 0 saturated carbocycles. The van der Waals surface area contributed by atoms with Gasteiger partial charge in [0.2, 0.25) is 0 Å². The van der Waals surface area contributed by atoms with Crippen LogP contribution in [0, 0.1) is 0 Å². The average molecular weight is 703 g/mol. The Kier molecular flexibility index (Phi) is 8.91. The van der Waals surface area contributed by atoms with Crippen LogP contribution in [-0.4, -0.2) is 9.55 Å². The molecule has 0 bridgehead atoms. The van der Waals surface area contributed by atoms with Gasteiger partial charge in [-0.25, -0.2) is 4.98 Å². The molecule has 9 rings (SSSR count). The molecule has 1 aromatic heterocycles. The number of aromatic nitrogens is 2. The van der Waals surface area contributed by atoms with E-state index in [1.54, 1.807) is 0 Å². The Balaban J connectivity index is 1.21. The third kappa shape index (κ3) is 6.63. The van der Waals surface area contributed by atoms with Crippen LogP contribution in [0.1, 0.15) is 5.56 Å². The summed E-state index contributed by atoms with van der Waals surface area (Å²) in [6, 6.07) is 70.6. The zero-order chi connectivity index (χ0) is 37.1. The standard InChI is InChI=1S/C53H38N2/c1-37-15-6-7-19-44(37)35-38(2)47-34-32-39(21-14-24-48(42-17-4-3-5-18-42)50-23-11-10-22-49(47)50)41-27-29-43(30-28-41)53-54-51-25-12-13-26-52(51)55(53)46-33-31-40-16-8-9-20-45(40)36-46/h3-36H,1-2H2/b21-14?,24-14?,34-32?,39-21?,39-32?,44-35-,47-34?,48-24?,49-47?,50-48?. The topological polar surface area (TPSA) is 17.8 Å². The number of nitrogens with zero attached hydrogens (tertiary/aromatic N) is 2. The highest BCUT2D eigenvalue weighted by atomic mass is 15.1. The molecule has 2 heteroatoms. The maximum Gasteiger partial charge on any atom is 0.145 e. The summed E-state index contributed by atoms with van der Waals surface area (Å²) in [4.78, 5) is 5.16. The third-order valence-corrected chi connectivity index (χ3v) is 10.3. The molecule has 0 radical (unpaired) electrons. The molecule has 55 heavy (non-hydrogen) atoms. The van der Waals surface area contributed by atoms with Gasteiger partial charge in [0.1, 0.15) is 5.82 Å². The second-order valence-corrected chi connectivity index (χ2v) is 13.8. The van der Waals surface area contributed by atoms with Gasteiger partial charge >= 0.3 is 0 Å². The van der Waals surface area contributed by atoms with Gasteiger partial charge in [-0.05, 0) is 95.7 Å². The zero-order valence-electron chi connectivity index (χ0n) is 30.4. The quantitative estimate of drug-likeness (QED) is 0.169. The van der Waals surface area contributed by atoms with Crippen molar-refractivity contribution in [2.45, 2.75) is 0 Å². The fraction of sp³-hybridized carbons (Fsp3) is 0. The fourth-order valence-electron chi connectivity index (χ4n) is 7.50. The van der Waals surface area contributed by atoms with Crippen molar-refractivity contribution in [2.24, 2.45) is 0 Å². The molecule has 8 aromatic carbocycles. The molecule has 260 valence electrons. The molecule has 0 aliphatic heterocycles. The third-order valence-electron chi connectivity index (χ3n) is 10.3. The molecule has 0 fully saturated rings. The number of para-hydroxylation sites is 2. The van der Waals surface area contributed by atoms with Crippen molar-refractivity contribution in [3.05, 3.63) is 223 Å². The van der Waals surface area contributed by atoms with Gasteiger partial charge in [0.25, 0.3) is 0 Å². The van der Waals surface area contributed by atoms with E-state index in [-0.39, 0.29) is 0 Å². The summed E-state index contributed by atoms with van der Waals surface area (Å²) in [5.74, 6) is 0.908. The summed E-state index contributed by atoms with van der Waals surface area (Å²) in [6.45, 7) is 8.90. The molecular weight excluding hydrogens is 665 g/mol. The minimum absolute atomic E-state index is 0.908. The number of hydrogen-bond donors (Lipinski definition) is 0. The second kappa shape index (κ2) is 14.6. The Morgan fingerprint density at radius 3 is 1.96 bits per heavy atom. The van der Waals surface area contributed by atoms with E-state index in [1.807, 2.05) is 24.3 Å². The van der Waals surface area contributed by atoms with Gasteiger partial charge in [0.15, 0.2) is 0 Å². The van der Waals surface area contributed by atoms with E-state index in [4.69, 9.17) is 4.98 Å². The summed E-state index contributed by atoms with van der Waals surface area (Å²) < 4.78 is 2.27. The van der Waals surface area contributed by atoms with Gasteiger partial charge in [-0.1, -0.05) is 189 Å². The van der Waals surface area contributed by atoms with E-state index in [0.717, 1.165) is 82.7 Å². The van der Waals surface area contributed by atoms with E-state index in [1.165, 1.54) is 10.8 Å². The molecule has 0 saturated heterocycles. The lowest BCUT2D eigenvalue weighted by atomic mass is 9.94. The summed E-state index contributed by atoms with van der Waals surface area (Å²) in [5, 5.41) is 6.71. The molecule has 0 spiro atoms. The molecule has 0 unspecified atom stereocenters. The lowest BCUT2D eigenvalue weighted by molar-refractivity contribution is 1.11.